The Labute approximate surface area is 110 Å². The maximum atomic E-state index is 5.91. The lowest BCUT2D eigenvalue weighted by molar-refractivity contribution is 0.541. The van der Waals surface area contributed by atoms with E-state index < -0.39 is 0 Å². The first kappa shape index (κ1) is 12.5. The van der Waals surface area contributed by atoms with Gasteiger partial charge in [0, 0.05) is 17.5 Å². The highest BCUT2D eigenvalue weighted by Gasteiger charge is 2.13. The van der Waals surface area contributed by atoms with Gasteiger partial charge in [-0.1, -0.05) is 11.6 Å². The minimum absolute atomic E-state index is 0.0182. The Morgan fingerprint density at radius 3 is 2.88 bits per heavy atom. The first-order valence-electron chi connectivity index (χ1n) is 5.32. The van der Waals surface area contributed by atoms with E-state index in [2.05, 4.69) is 10.4 Å². The lowest BCUT2D eigenvalue weighted by Gasteiger charge is -2.14. The average molecular weight is 268 g/mol. The molecule has 2 heterocycles. The van der Waals surface area contributed by atoms with Crippen molar-refractivity contribution in [3.8, 4) is 0 Å². The van der Waals surface area contributed by atoms with Crippen molar-refractivity contribution >= 4 is 22.9 Å². The smallest absolute Gasteiger partial charge is 0.0931 e. The average Bonchev–Trinajstić information content (AvgIpc) is 2.72. The molecule has 0 amide bonds. The largest absolute Gasteiger partial charge is 0.271 e. The number of hydrazine groups is 1. The molecule has 90 valence electrons. The summed E-state index contributed by atoms with van der Waals surface area (Å²) in [6, 6.07) is 7.95. The van der Waals surface area contributed by atoms with Crippen LogP contribution in [0, 0.1) is 6.92 Å². The summed E-state index contributed by atoms with van der Waals surface area (Å²) in [5, 5.41) is 0. The third-order valence-corrected chi connectivity index (χ3v) is 3.78. The van der Waals surface area contributed by atoms with E-state index in [1.54, 1.807) is 17.5 Å². The zero-order valence-electron chi connectivity index (χ0n) is 9.48. The summed E-state index contributed by atoms with van der Waals surface area (Å²) < 4.78 is 0.799. The second kappa shape index (κ2) is 5.60. The van der Waals surface area contributed by atoms with Gasteiger partial charge in [-0.25, -0.2) is 0 Å². The summed E-state index contributed by atoms with van der Waals surface area (Å²) in [6.45, 7) is 2.04. The maximum Gasteiger partial charge on any atom is 0.0931 e. The highest BCUT2D eigenvalue weighted by atomic mass is 35.5. The van der Waals surface area contributed by atoms with E-state index in [9.17, 15) is 0 Å². The Hall–Kier alpha value is -0.940. The second-order valence-corrected chi connectivity index (χ2v) is 5.69. The molecule has 3 nitrogen and oxygen atoms in total. The number of nitrogens with one attached hydrogen (secondary N) is 1. The molecule has 0 bridgehead atoms. The quantitative estimate of drug-likeness (QED) is 0.662. The maximum absolute atomic E-state index is 5.91. The minimum atomic E-state index is 0.0182. The topological polar surface area (TPSA) is 50.9 Å². The van der Waals surface area contributed by atoms with Crippen LogP contribution in [0.4, 0.5) is 0 Å². The molecule has 0 saturated heterocycles. The zero-order chi connectivity index (χ0) is 12.3. The van der Waals surface area contributed by atoms with Gasteiger partial charge in [-0.05, 0) is 36.8 Å². The normalized spacial score (nSPS) is 12.6. The highest BCUT2D eigenvalue weighted by Crippen LogP contribution is 2.25. The lowest BCUT2D eigenvalue weighted by atomic mass is 10.1. The Bertz CT molecular complexity index is 498. The van der Waals surface area contributed by atoms with Gasteiger partial charge in [0.05, 0.1) is 16.1 Å². The van der Waals surface area contributed by atoms with Crippen LogP contribution in [0.25, 0.3) is 0 Å². The number of hydrogen-bond acceptors (Lipinski definition) is 4. The molecular formula is C12H14ClN3S. The van der Waals surface area contributed by atoms with Gasteiger partial charge in [-0.2, -0.15) is 0 Å². The minimum Gasteiger partial charge on any atom is -0.271 e. The molecule has 2 aromatic heterocycles. The first-order chi connectivity index (χ1) is 8.19. The van der Waals surface area contributed by atoms with Crippen LogP contribution in [0.1, 0.15) is 22.2 Å². The molecule has 0 radical (unpaired) electrons. The molecule has 0 aliphatic rings. The Morgan fingerprint density at radius 1 is 1.47 bits per heavy atom. The summed E-state index contributed by atoms with van der Waals surface area (Å²) in [5.74, 6) is 5.59. The van der Waals surface area contributed by atoms with E-state index in [1.165, 1.54) is 10.4 Å². The molecule has 0 aliphatic heterocycles. The van der Waals surface area contributed by atoms with Crippen molar-refractivity contribution in [1.82, 2.24) is 10.4 Å². The Balaban J connectivity index is 2.16. The van der Waals surface area contributed by atoms with Gasteiger partial charge in [0.15, 0.2) is 0 Å². The highest BCUT2D eigenvalue weighted by molar-refractivity contribution is 7.16. The van der Waals surface area contributed by atoms with Crippen LogP contribution in [0.5, 0.6) is 0 Å². The number of aryl methyl sites for hydroxylation is 1. The van der Waals surface area contributed by atoms with Crippen LogP contribution in [0.3, 0.4) is 0 Å². The zero-order valence-corrected chi connectivity index (χ0v) is 11.1. The molecule has 0 aromatic carbocycles. The number of thiophene rings is 1. The number of pyridine rings is 1. The van der Waals surface area contributed by atoms with E-state index in [0.717, 1.165) is 16.5 Å². The fourth-order valence-electron chi connectivity index (χ4n) is 1.66. The van der Waals surface area contributed by atoms with Crippen molar-refractivity contribution in [2.24, 2.45) is 5.84 Å². The fourth-order valence-corrected chi connectivity index (χ4v) is 2.79. The van der Waals surface area contributed by atoms with Crippen molar-refractivity contribution in [3.63, 3.8) is 0 Å². The predicted octanol–water partition coefficient (Wildman–Crippen LogP) is 2.85. The monoisotopic (exact) mass is 267 g/mol. The van der Waals surface area contributed by atoms with E-state index in [1.807, 2.05) is 31.2 Å². The number of nitrogens with zero attached hydrogens (tertiary/aromatic N) is 1. The lowest BCUT2D eigenvalue weighted by Crippen LogP contribution is -2.30. The molecule has 5 heteroatoms. The Kier molecular flexibility index (Phi) is 4.12. The molecular weight excluding hydrogens is 254 g/mol. The van der Waals surface area contributed by atoms with Gasteiger partial charge < -0.3 is 0 Å². The van der Waals surface area contributed by atoms with Crippen LogP contribution in [-0.2, 0) is 6.42 Å². The third kappa shape index (κ3) is 3.26. The summed E-state index contributed by atoms with van der Waals surface area (Å²) in [7, 11) is 0. The van der Waals surface area contributed by atoms with Gasteiger partial charge in [0.2, 0.25) is 0 Å². The van der Waals surface area contributed by atoms with Crippen LogP contribution < -0.4 is 11.3 Å². The molecule has 17 heavy (non-hydrogen) atoms. The number of rotatable bonds is 4. The number of hydrogen-bond donors (Lipinski definition) is 2. The number of halogens is 1. The molecule has 0 aliphatic carbocycles. The summed E-state index contributed by atoms with van der Waals surface area (Å²) >= 11 is 7.48. The van der Waals surface area contributed by atoms with Crippen molar-refractivity contribution in [2.45, 2.75) is 19.4 Å². The molecule has 0 saturated carbocycles. The molecule has 2 rings (SSSR count). The van der Waals surface area contributed by atoms with Crippen LogP contribution in [0.15, 0.2) is 30.5 Å². The van der Waals surface area contributed by atoms with Gasteiger partial charge in [-0.3, -0.25) is 16.3 Å². The van der Waals surface area contributed by atoms with E-state index >= 15 is 0 Å². The van der Waals surface area contributed by atoms with Gasteiger partial charge in [0.25, 0.3) is 0 Å². The third-order valence-electron chi connectivity index (χ3n) is 2.53. The molecule has 1 unspecified atom stereocenters. The van der Waals surface area contributed by atoms with Crippen molar-refractivity contribution in [3.05, 3.63) is 50.9 Å². The molecule has 0 spiro atoms. The number of nitrogens with two attached hydrogens (primary N) is 1. The molecule has 2 aromatic rings. The summed E-state index contributed by atoms with van der Waals surface area (Å²) in [4.78, 5) is 5.54. The van der Waals surface area contributed by atoms with Gasteiger partial charge in [-0.15, -0.1) is 11.3 Å². The standard InChI is InChI=1S/C12H14ClN3S/c1-8-4-5-15-10(6-8)11(16-14)7-9-2-3-12(13)17-9/h2-6,11,16H,7,14H2,1H3. The molecule has 3 N–H and O–H groups in total. The SMILES string of the molecule is Cc1ccnc(C(Cc2ccc(Cl)s2)NN)c1. The summed E-state index contributed by atoms with van der Waals surface area (Å²) in [5.41, 5.74) is 4.94. The van der Waals surface area contributed by atoms with E-state index in [-0.39, 0.29) is 6.04 Å². The Morgan fingerprint density at radius 2 is 2.29 bits per heavy atom. The van der Waals surface area contributed by atoms with Crippen molar-refractivity contribution in [1.29, 1.82) is 0 Å². The predicted molar refractivity (Wildman–Crippen MR) is 72.1 cm³/mol. The van der Waals surface area contributed by atoms with E-state index in [4.69, 9.17) is 17.4 Å². The molecule has 0 fully saturated rings. The van der Waals surface area contributed by atoms with Crippen LogP contribution in [-0.4, -0.2) is 4.98 Å². The number of aromatic nitrogens is 1. The van der Waals surface area contributed by atoms with Crippen molar-refractivity contribution in [2.75, 3.05) is 0 Å². The summed E-state index contributed by atoms with van der Waals surface area (Å²) in [6.07, 6.45) is 2.60. The molecule has 1 atom stereocenters. The van der Waals surface area contributed by atoms with Crippen LogP contribution >= 0.6 is 22.9 Å². The fraction of sp³-hybridized carbons (Fsp3) is 0.250. The second-order valence-electron chi connectivity index (χ2n) is 3.89. The van der Waals surface area contributed by atoms with E-state index in [0.29, 0.717) is 0 Å². The van der Waals surface area contributed by atoms with Crippen LogP contribution in [0.2, 0.25) is 4.34 Å². The van der Waals surface area contributed by atoms with Crippen molar-refractivity contribution < 1.29 is 0 Å². The van der Waals surface area contributed by atoms with Gasteiger partial charge >= 0.3 is 0 Å². The van der Waals surface area contributed by atoms with Gasteiger partial charge in [0.1, 0.15) is 0 Å². The first-order valence-corrected chi connectivity index (χ1v) is 6.51.